The van der Waals surface area contributed by atoms with Crippen LogP contribution in [0.1, 0.15) is 30.9 Å². The molecule has 1 saturated carbocycles. The summed E-state index contributed by atoms with van der Waals surface area (Å²) in [6, 6.07) is 6.07. The minimum Gasteiger partial charge on any atom is -0.310 e. The van der Waals surface area contributed by atoms with Crippen LogP contribution in [0.4, 0.5) is 0 Å². The average molecular weight is 268 g/mol. The van der Waals surface area contributed by atoms with Gasteiger partial charge >= 0.3 is 0 Å². The van der Waals surface area contributed by atoms with Gasteiger partial charge in [-0.3, -0.25) is 0 Å². The van der Waals surface area contributed by atoms with Crippen molar-refractivity contribution in [3.63, 3.8) is 0 Å². The second-order valence-corrected chi connectivity index (χ2v) is 6.43. The maximum absolute atomic E-state index is 12.0. The molecule has 0 saturated heterocycles. The van der Waals surface area contributed by atoms with Crippen LogP contribution in [0.2, 0.25) is 0 Å². The maximum Gasteiger partial charge on any atom is 0.240 e. The van der Waals surface area contributed by atoms with Crippen LogP contribution in [0.5, 0.6) is 0 Å². The van der Waals surface area contributed by atoms with Crippen LogP contribution in [-0.2, 0) is 16.6 Å². The number of hydrogen-bond donors (Lipinski definition) is 2. The summed E-state index contributed by atoms with van der Waals surface area (Å²) in [6.07, 6.45) is 2.46. The molecule has 5 heteroatoms. The van der Waals surface area contributed by atoms with Crippen LogP contribution >= 0.6 is 0 Å². The van der Waals surface area contributed by atoms with Gasteiger partial charge in [0.15, 0.2) is 0 Å². The van der Waals surface area contributed by atoms with Gasteiger partial charge in [0.05, 0.1) is 4.90 Å². The fourth-order valence-corrected chi connectivity index (χ4v) is 3.28. The predicted octanol–water partition coefficient (Wildman–Crippen LogP) is 1.55. The summed E-state index contributed by atoms with van der Waals surface area (Å²) < 4.78 is 26.6. The van der Waals surface area contributed by atoms with Crippen LogP contribution in [-0.4, -0.2) is 21.0 Å². The molecule has 0 amide bonds. The van der Waals surface area contributed by atoms with E-state index in [0.717, 1.165) is 17.7 Å². The molecule has 18 heavy (non-hydrogen) atoms. The van der Waals surface area contributed by atoms with E-state index in [1.54, 1.807) is 19.1 Å². The lowest BCUT2D eigenvalue weighted by Gasteiger charge is -2.12. The first-order valence-corrected chi connectivity index (χ1v) is 7.84. The SMILES string of the molecule is CCNS(=O)(=O)c1cccc(CNC2CC2)c1C. The van der Waals surface area contributed by atoms with Crippen LogP contribution in [0.25, 0.3) is 0 Å². The summed E-state index contributed by atoms with van der Waals surface area (Å²) in [5.74, 6) is 0. The molecule has 0 radical (unpaired) electrons. The first-order chi connectivity index (χ1) is 8.54. The normalized spacial score (nSPS) is 15.9. The summed E-state index contributed by atoms with van der Waals surface area (Å²) in [5.41, 5.74) is 1.90. The lowest BCUT2D eigenvalue weighted by atomic mass is 10.1. The smallest absolute Gasteiger partial charge is 0.240 e. The Morgan fingerprint density at radius 2 is 2.06 bits per heavy atom. The summed E-state index contributed by atoms with van der Waals surface area (Å²) in [6.45, 7) is 4.80. The quantitative estimate of drug-likeness (QED) is 0.823. The van der Waals surface area contributed by atoms with Gasteiger partial charge in [-0.15, -0.1) is 0 Å². The van der Waals surface area contributed by atoms with Gasteiger partial charge in [0, 0.05) is 19.1 Å². The molecule has 0 aliphatic heterocycles. The van der Waals surface area contributed by atoms with Crippen LogP contribution in [0.3, 0.4) is 0 Å². The molecule has 4 nitrogen and oxygen atoms in total. The Morgan fingerprint density at radius 3 is 2.67 bits per heavy atom. The topological polar surface area (TPSA) is 58.2 Å². The van der Waals surface area contributed by atoms with E-state index in [9.17, 15) is 8.42 Å². The Bertz CT molecular complexity index is 522. The van der Waals surface area contributed by atoms with Crippen LogP contribution in [0.15, 0.2) is 23.1 Å². The lowest BCUT2D eigenvalue weighted by Crippen LogP contribution is -2.24. The lowest BCUT2D eigenvalue weighted by molar-refractivity contribution is 0.582. The van der Waals surface area contributed by atoms with Crippen molar-refractivity contribution in [1.82, 2.24) is 10.0 Å². The van der Waals surface area contributed by atoms with Crippen molar-refractivity contribution in [2.75, 3.05) is 6.54 Å². The van der Waals surface area contributed by atoms with Crippen molar-refractivity contribution in [3.8, 4) is 0 Å². The number of sulfonamides is 1. The number of hydrogen-bond acceptors (Lipinski definition) is 3. The van der Waals surface area contributed by atoms with E-state index in [0.29, 0.717) is 17.5 Å². The van der Waals surface area contributed by atoms with Gasteiger partial charge < -0.3 is 5.32 Å². The van der Waals surface area contributed by atoms with Gasteiger partial charge in [-0.05, 0) is 37.0 Å². The maximum atomic E-state index is 12.0. The van der Waals surface area contributed by atoms with E-state index >= 15 is 0 Å². The zero-order valence-corrected chi connectivity index (χ0v) is 11.7. The average Bonchev–Trinajstić information content (AvgIpc) is 3.11. The second kappa shape index (κ2) is 5.38. The van der Waals surface area contributed by atoms with Crippen molar-refractivity contribution >= 4 is 10.0 Å². The zero-order chi connectivity index (χ0) is 13.2. The number of rotatable bonds is 6. The van der Waals surface area contributed by atoms with Crippen molar-refractivity contribution < 1.29 is 8.42 Å². The molecule has 100 valence electrons. The fourth-order valence-electron chi connectivity index (χ4n) is 1.95. The molecule has 1 aromatic carbocycles. The Balaban J connectivity index is 2.22. The Labute approximate surface area is 109 Å². The summed E-state index contributed by atoms with van der Waals surface area (Å²) in [4.78, 5) is 0.388. The zero-order valence-electron chi connectivity index (χ0n) is 10.9. The Morgan fingerprint density at radius 1 is 1.33 bits per heavy atom. The van der Waals surface area contributed by atoms with Crippen molar-refractivity contribution in [2.45, 2.75) is 44.2 Å². The molecule has 2 rings (SSSR count). The molecule has 2 N–H and O–H groups in total. The van der Waals surface area contributed by atoms with Crippen molar-refractivity contribution in [2.24, 2.45) is 0 Å². The van der Waals surface area contributed by atoms with E-state index in [4.69, 9.17) is 0 Å². The molecule has 0 spiro atoms. The molecule has 0 heterocycles. The molecular weight excluding hydrogens is 248 g/mol. The molecule has 1 aliphatic rings. The first-order valence-electron chi connectivity index (χ1n) is 6.36. The minimum atomic E-state index is -3.36. The van der Waals surface area contributed by atoms with Gasteiger partial charge in [0.2, 0.25) is 10.0 Å². The number of nitrogens with one attached hydrogen (secondary N) is 2. The summed E-state index contributed by atoms with van der Waals surface area (Å²) >= 11 is 0. The molecular formula is C13H20N2O2S. The number of benzene rings is 1. The van der Waals surface area contributed by atoms with Crippen molar-refractivity contribution in [3.05, 3.63) is 29.3 Å². The standard InChI is InChI=1S/C13H20N2O2S/c1-3-15-18(16,17)13-6-4-5-11(10(13)2)9-14-12-7-8-12/h4-6,12,14-15H,3,7-9H2,1-2H3. The van der Waals surface area contributed by atoms with E-state index in [-0.39, 0.29) is 0 Å². The summed E-state index contributed by atoms with van der Waals surface area (Å²) in [7, 11) is -3.36. The summed E-state index contributed by atoms with van der Waals surface area (Å²) in [5, 5.41) is 3.41. The van der Waals surface area contributed by atoms with Gasteiger partial charge in [-0.25, -0.2) is 13.1 Å². The Kier molecular flexibility index (Phi) is 4.04. The highest BCUT2D eigenvalue weighted by molar-refractivity contribution is 7.89. The van der Waals surface area contributed by atoms with Gasteiger partial charge in [-0.1, -0.05) is 19.1 Å². The highest BCUT2D eigenvalue weighted by Gasteiger charge is 2.21. The van der Waals surface area contributed by atoms with E-state index in [1.165, 1.54) is 12.8 Å². The highest BCUT2D eigenvalue weighted by atomic mass is 32.2. The Hall–Kier alpha value is -0.910. The van der Waals surface area contributed by atoms with Crippen molar-refractivity contribution in [1.29, 1.82) is 0 Å². The van der Waals surface area contributed by atoms with Gasteiger partial charge in [-0.2, -0.15) is 0 Å². The fraction of sp³-hybridized carbons (Fsp3) is 0.538. The largest absolute Gasteiger partial charge is 0.310 e. The van der Waals surface area contributed by atoms with Gasteiger partial charge in [0.25, 0.3) is 0 Å². The molecule has 1 aliphatic carbocycles. The predicted molar refractivity (Wildman–Crippen MR) is 71.9 cm³/mol. The third kappa shape index (κ3) is 3.10. The minimum absolute atomic E-state index is 0.388. The van der Waals surface area contributed by atoms with Gasteiger partial charge in [0.1, 0.15) is 0 Å². The molecule has 1 fully saturated rings. The third-order valence-corrected chi connectivity index (χ3v) is 4.87. The van der Waals surface area contributed by atoms with E-state index in [1.807, 2.05) is 13.0 Å². The first kappa shape index (κ1) is 13.5. The van der Waals surface area contributed by atoms with Crippen LogP contribution in [0, 0.1) is 6.92 Å². The second-order valence-electron chi connectivity index (χ2n) is 4.70. The third-order valence-electron chi connectivity index (χ3n) is 3.18. The molecule has 1 aromatic rings. The molecule has 0 atom stereocenters. The van der Waals surface area contributed by atoms with E-state index < -0.39 is 10.0 Å². The molecule has 0 unspecified atom stereocenters. The monoisotopic (exact) mass is 268 g/mol. The van der Waals surface area contributed by atoms with Crippen LogP contribution < -0.4 is 10.0 Å². The highest BCUT2D eigenvalue weighted by Crippen LogP contribution is 2.22. The molecule has 0 aromatic heterocycles. The van der Waals surface area contributed by atoms with E-state index in [2.05, 4.69) is 10.0 Å². The molecule has 0 bridgehead atoms.